The van der Waals surface area contributed by atoms with Crippen LogP contribution in [0.4, 0.5) is 0 Å². The fraction of sp³-hybridized carbons (Fsp3) is 0.500. The summed E-state index contributed by atoms with van der Waals surface area (Å²) in [6.07, 6.45) is 8.06. The van der Waals surface area contributed by atoms with E-state index in [9.17, 15) is 4.79 Å². The Hall–Kier alpha value is -2.69. The molecule has 5 heteroatoms. The molecular formula is C26H37N3O2. The van der Waals surface area contributed by atoms with Gasteiger partial charge in [-0.3, -0.25) is 9.78 Å². The largest absolute Gasteiger partial charge is 0.493 e. The summed E-state index contributed by atoms with van der Waals surface area (Å²) in [5, 5.41) is 3.97. The molecule has 5 nitrogen and oxygen atoms in total. The van der Waals surface area contributed by atoms with E-state index in [0.717, 1.165) is 24.2 Å². The molecule has 0 aliphatic rings. The average Bonchev–Trinajstić information content (AvgIpc) is 2.77. The van der Waals surface area contributed by atoms with Gasteiger partial charge in [0.2, 0.25) is 5.91 Å². The van der Waals surface area contributed by atoms with Crippen molar-refractivity contribution in [3.05, 3.63) is 59.4 Å². The Kier molecular flexibility index (Phi) is 8.78. The van der Waals surface area contributed by atoms with Crippen LogP contribution in [0, 0.1) is 0 Å². The second kappa shape index (κ2) is 11.1. The molecule has 0 spiro atoms. The molecule has 168 valence electrons. The fourth-order valence-electron chi connectivity index (χ4n) is 3.10. The standard InChI is InChI=1S/C26H37N3O2/c1-7-25(3,4)21-13-14-23(22(17-21)26(5,6)8-2)31-16-10-12-24(30)29-28-19-20-11-9-15-27-18-20/h9,11,13-15,17-19H,7-8,10,12,16H2,1-6H3,(H,29,30)/b28-19-. The molecule has 0 fully saturated rings. The van der Waals surface area contributed by atoms with Gasteiger partial charge >= 0.3 is 0 Å². The number of benzene rings is 1. The van der Waals surface area contributed by atoms with Crippen LogP contribution in [-0.2, 0) is 15.6 Å². The van der Waals surface area contributed by atoms with Crippen molar-refractivity contribution in [2.24, 2.45) is 5.10 Å². The Labute approximate surface area is 187 Å². The molecule has 1 aromatic carbocycles. The number of amides is 1. The number of carbonyl (C=O) groups is 1. The molecule has 0 saturated carbocycles. The molecule has 2 rings (SSSR count). The van der Waals surface area contributed by atoms with Crippen molar-refractivity contribution in [2.75, 3.05) is 6.61 Å². The van der Waals surface area contributed by atoms with Crippen LogP contribution in [0.25, 0.3) is 0 Å². The molecule has 1 heterocycles. The van der Waals surface area contributed by atoms with E-state index in [0.29, 0.717) is 19.4 Å². The number of ether oxygens (including phenoxy) is 1. The van der Waals surface area contributed by atoms with E-state index >= 15 is 0 Å². The number of hydrogen-bond donors (Lipinski definition) is 1. The fourth-order valence-corrected chi connectivity index (χ4v) is 3.10. The molecule has 1 aromatic heterocycles. The highest BCUT2D eigenvalue weighted by molar-refractivity contribution is 5.81. The number of aromatic nitrogens is 1. The van der Waals surface area contributed by atoms with E-state index in [1.54, 1.807) is 18.6 Å². The third-order valence-electron chi connectivity index (χ3n) is 6.15. The first kappa shape index (κ1) is 24.6. The van der Waals surface area contributed by atoms with Crippen LogP contribution < -0.4 is 10.2 Å². The van der Waals surface area contributed by atoms with Crippen molar-refractivity contribution in [2.45, 2.75) is 78.1 Å². The van der Waals surface area contributed by atoms with Crippen LogP contribution in [0.1, 0.15) is 83.9 Å². The van der Waals surface area contributed by atoms with E-state index in [1.807, 2.05) is 12.1 Å². The summed E-state index contributed by atoms with van der Waals surface area (Å²) >= 11 is 0. The number of hydrazone groups is 1. The van der Waals surface area contributed by atoms with Crippen LogP contribution in [0.5, 0.6) is 5.75 Å². The van der Waals surface area contributed by atoms with Gasteiger partial charge in [-0.25, -0.2) is 5.43 Å². The number of carbonyl (C=O) groups excluding carboxylic acids is 1. The summed E-state index contributed by atoms with van der Waals surface area (Å²) in [5.74, 6) is 0.787. The lowest BCUT2D eigenvalue weighted by Gasteiger charge is -2.30. The van der Waals surface area contributed by atoms with E-state index in [2.05, 4.69) is 75.3 Å². The van der Waals surface area contributed by atoms with Crippen molar-refractivity contribution in [1.82, 2.24) is 10.4 Å². The maximum absolute atomic E-state index is 12.0. The molecule has 0 bridgehead atoms. The molecule has 1 amide bonds. The quantitative estimate of drug-likeness (QED) is 0.284. The van der Waals surface area contributed by atoms with Crippen LogP contribution in [-0.4, -0.2) is 23.7 Å². The molecule has 0 aliphatic heterocycles. The summed E-state index contributed by atoms with van der Waals surface area (Å²) in [7, 11) is 0. The van der Waals surface area contributed by atoms with Gasteiger partial charge in [0.1, 0.15) is 5.75 Å². The normalized spacial score (nSPS) is 12.2. The Morgan fingerprint density at radius 3 is 2.52 bits per heavy atom. The zero-order valence-corrected chi connectivity index (χ0v) is 19.9. The van der Waals surface area contributed by atoms with Gasteiger partial charge in [-0.15, -0.1) is 0 Å². The van der Waals surface area contributed by atoms with E-state index < -0.39 is 0 Å². The maximum atomic E-state index is 12.0. The first-order valence-electron chi connectivity index (χ1n) is 11.2. The minimum atomic E-state index is -0.127. The second-order valence-electron chi connectivity index (χ2n) is 9.22. The summed E-state index contributed by atoms with van der Waals surface area (Å²) in [6.45, 7) is 14.0. The number of pyridine rings is 1. The highest BCUT2D eigenvalue weighted by Crippen LogP contribution is 2.38. The topological polar surface area (TPSA) is 63.6 Å². The molecular weight excluding hydrogens is 386 g/mol. The molecule has 2 aromatic rings. The van der Waals surface area contributed by atoms with Crippen LogP contribution in [0.2, 0.25) is 0 Å². The van der Waals surface area contributed by atoms with Crippen LogP contribution >= 0.6 is 0 Å². The lowest BCUT2D eigenvalue weighted by molar-refractivity contribution is -0.121. The first-order chi connectivity index (χ1) is 14.7. The molecule has 0 unspecified atom stereocenters. The van der Waals surface area contributed by atoms with Gasteiger partial charge in [-0.05, 0) is 47.8 Å². The van der Waals surface area contributed by atoms with Crippen molar-refractivity contribution >= 4 is 12.1 Å². The third kappa shape index (κ3) is 7.20. The van der Waals surface area contributed by atoms with Crippen molar-refractivity contribution in [1.29, 1.82) is 0 Å². The minimum Gasteiger partial charge on any atom is -0.493 e. The molecule has 31 heavy (non-hydrogen) atoms. The summed E-state index contributed by atoms with van der Waals surface area (Å²) in [4.78, 5) is 16.0. The predicted octanol–water partition coefficient (Wildman–Crippen LogP) is 5.77. The van der Waals surface area contributed by atoms with Gasteiger partial charge in [0.05, 0.1) is 12.8 Å². The highest BCUT2D eigenvalue weighted by atomic mass is 16.5. The SMILES string of the molecule is CCC(C)(C)c1ccc(OCCCC(=O)N/N=C\c2cccnc2)c(C(C)(C)CC)c1. The lowest BCUT2D eigenvalue weighted by atomic mass is 9.76. The highest BCUT2D eigenvalue weighted by Gasteiger charge is 2.26. The molecule has 0 aliphatic carbocycles. The first-order valence-corrected chi connectivity index (χ1v) is 11.2. The van der Waals surface area contributed by atoms with Gasteiger partial charge in [-0.1, -0.05) is 59.7 Å². The van der Waals surface area contributed by atoms with Crippen LogP contribution in [0.15, 0.2) is 47.8 Å². The molecule has 0 saturated heterocycles. The van der Waals surface area contributed by atoms with Gasteiger partial charge in [0.25, 0.3) is 0 Å². The average molecular weight is 424 g/mol. The molecule has 0 atom stereocenters. The van der Waals surface area contributed by atoms with Gasteiger partial charge in [0.15, 0.2) is 0 Å². The smallest absolute Gasteiger partial charge is 0.240 e. The zero-order chi connectivity index (χ0) is 22.9. The zero-order valence-electron chi connectivity index (χ0n) is 19.9. The van der Waals surface area contributed by atoms with Gasteiger partial charge in [0, 0.05) is 29.9 Å². The number of hydrogen-bond acceptors (Lipinski definition) is 4. The van der Waals surface area contributed by atoms with Crippen LogP contribution in [0.3, 0.4) is 0 Å². The predicted molar refractivity (Wildman–Crippen MR) is 128 cm³/mol. The van der Waals surface area contributed by atoms with E-state index in [-0.39, 0.29) is 16.7 Å². The monoisotopic (exact) mass is 423 g/mol. The lowest BCUT2D eigenvalue weighted by Crippen LogP contribution is -2.21. The Morgan fingerprint density at radius 1 is 1.13 bits per heavy atom. The minimum absolute atomic E-state index is 0.0214. The Morgan fingerprint density at radius 2 is 1.87 bits per heavy atom. The van der Waals surface area contributed by atoms with Crippen molar-refractivity contribution < 1.29 is 9.53 Å². The number of nitrogens with one attached hydrogen (secondary N) is 1. The maximum Gasteiger partial charge on any atom is 0.240 e. The van der Waals surface area contributed by atoms with Gasteiger partial charge < -0.3 is 4.74 Å². The van der Waals surface area contributed by atoms with Gasteiger partial charge in [-0.2, -0.15) is 5.10 Å². The number of rotatable bonds is 11. The molecule has 1 N–H and O–H groups in total. The van der Waals surface area contributed by atoms with Crippen molar-refractivity contribution in [3.63, 3.8) is 0 Å². The van der Waals surface area contributed by atoms with E-state index in [1.165, 1.54) is 11.1 Å². The Bertz CT molecular complexity index is 873. The second-order valence-corrected chi connectivity index (χ2v) is 9.22. The summed E-state index contributed by atoms with van der Waals surface area (Å²) in [5.41, 5.74) is 6.12. The Balaban J connectivity index is 1.93. The summed E-state index contributed by atoms with van der Waals surface area (Å²) in [6, 6.07) is 10.3. The summed E-state index contributed by atoms with van der Waals surface area (Å²) < 4.78 is 6.12. The molecule has 0 radical (unpaired) electrons. The third-order valence-corrected chi connectivity index (χ3v) is 6.15. The van der Waals surface area contributed by atoms with Crippen molar-refractivity contribution in [3.8, 4) is 5.75 Å². The number of nitrogens with zero attached hydrogens (tertiary/aromatic N) is 2. The van der Waals surface area contributed by atoms with E-state index in [4.69, 9.17) is 4.74 Å².